The van der Waals surface area contributed by atoms with Crippen molar-refractivity contribution < 1.29 is 31.2 Å². The normalized spacial score (nSPS) is 4.38. The minimum absolute atomic E-state index is 0. The van der Waals surface area contributed by atoms with Crippen LogP contribution >= 0.6 is 0 Å². The first-order chi connectivity index (χ1) is 5.91. The van der Waals surface area contributed by atoms with Gasteiger partial charge >= 0.3 is 22.6 Å². The third kappa shape index (κ3) is 55.5. The maximum absolute atomic E-state index is 8.68. The second-order valence-electron chi connectivity index (χ2n) is 1.17. The van der Waals surface area contributed by atoms with Crippen molar-refractivity contribution in [2.75, 3.05) is 0 Å². The first-order valence-corrected chi connectivity index (χ1v) is 2.78. The van der Waals surface area contributed by atoms with Gasteiger partial charge < -0.3 is 4.79 Å². The van der Waals surface area contributed by atoms with Gasteiger partial charge in [0.1, 0.15) is 0 Å². The second-order valence-corrected chi connectivity index (χ2v) is 1.17. The first kappa shape index (κ1) is 22.7. The molecular weight excluding hydrogens is 212 g/mol. The van der Waals surface area contributed by atoms with Gasteiger partial charge in [-0.15, -0.1) is 0 Å². The zero-order chi connectivity index (χ0) is 10.2. The Balaban J connectivity index is -0.0000000453. The van der Waals surface area contributed by atoms with Crippen molar-refractivity contribution >= 4 is 6.29 Å². The molecule has 0 atom stereocenters. The minimum atomic E-state index is 0. The van der Waals surface area contributed by atoms with Crippen molar-refractivity contribution in [1.29, 1.82) is 0 Å². The molecule has 1 aromatic rings. The van der Waals surface area contributed by atoms with Crippen molar-refractivity contribution in [3.8, 4) is 0 Å². The predicted octanol–water partition coefficient (Wildman–Crippen LogP) is 1.44. The summed E-state index contributed by atoms with van der Waals surface area (Å²) < 4.78 is 15.0. The summed E-state index contributed by atoms with van der Waals surface area (Å²) in [6, 6.07) is 10.0. The van der Waals surface area contributed by atoms with E-state index in [0.717, 1.165) is 0 Å². The third-order valence-corrected chi connectivity index (χ3v) is 0.556. The van der Waals surface area contributed by atoms with E-state index < -0.39 is 0 Å². The van der Waals surface area contributed by atoms with Crippen LogP contribution in [0.2, 0.25) is 0 Å². The minimum Gasteiger partial charge on any atom is -0.214 e. The molecule has 0 bridgehead atoms. The van der Waals surface area contributed by atoms with Crippen molar-refractivity contribution in [2.24, 2.45) is 0 Å². The molecule has 0 unspecified atom stereocenters. The SMILES string of the molecule is C[C-]=O.[C-]#[O+].[C-]#[O+].[Fe].c1cc[cH-]c1. The Bertz CT molecular complexity index is 154. The summed E-state index contributed by atoms with van der Waals surface area (Å²) in [5.74, 6) is 0. The van der Waals surface area contributed by atoms with Crippen LogP contribution in [0.5, 0.6) is 0 Å². The van der Waals surface area contributed by atoms with Gasteiger partial charge in [0.2, 0.25) is 0 Å². The van der Waals surface area contributed by atoms with E-state index in [2.05, 4.69) is 13.3 Å². The fourth-order valence-electron chi connectivity index (χ4n) is 0.321. The molecule has 72 valence electrons. The number of carbonyl (C=O) groups excluding carboxylic acids is 1. The van der Waals surface area contributed by atoms with Crippen LogP contribution < -0.4 is 0 Å². The molecule has 3 nitrogen and oxygen atoms in total. The monoisotopic (exact) mass is 220 g/mol. The van der Waals surface area contributed by atoms with Crippen LogP contribution in [0.25, 0.3) is 0 Å². The summed E-state index contributed by atoms with van der Waals surface area (Å²) in [6.45, 7) is 10.3. The van der Waals surface area contributed by atoms with Gasteiger partial charge in [0.05, 0.1) is 0 Å². The Morgan fingerprint density at radius 2 is 1.38 bits per heavy atom. The molecule has 0 spiro atoms. The van der Waals surface area contributed by atoms with Gasteiger partial charge in [0, 0.05) is 17.1 Å². The summed E-state index contributed by atoms with van der Waals surface area (Å²) in [4.78, 5) is 8.68. The molecule has 4 heteroatoms. The van der Waals surface area contributed by atoms with Crippen LogP contribution in [0.3, 0.4) is 0 Å². The van der Waals surface area contributed by atoms with Gasteiger partial charge in [0.15, 0.2) is 0 Å². The molecule has 1 rings (SSSR count). The molecule has 0 saturated carbocycles. The quantitative estimate of drug-likeness (QED) is 0.370. The van der Waals surface area contributed by atoms with Gasteiger partial charge in [0.25, 0.3) is 0 Å². The summed E-state index contributed by atoms with van der Waals surface area (Å²) in [5.41, 5.74) is 0. The van der Waals surface area contributed by atoms with E-state index in [1.54, 1.807) is 0 Å². The average Bonchev–Trinajstić information content (AvgIpc) is 2.69. The van der Waals surface area contributed by atoms with Gasteiger partial charge in [-0.3, -0.25) is 6.29 Å². The molecule has 0 aliphatic carbocycles. The molecule has 0 heterocycles. The summed E-state index contributed by atoms with van der Waals surface area (Å²) in [5, 5.41) is 0. The first-order valence-electron chi connectivity index (χ1n) is 2.78. The topological polar surface area (TPSA) is 56.9 Å². The van der Waals surface area contributed by atoms with E-state index in [1.165, 1.54) is 13.2 Å². The Morgan fingerprint density at radius 3 is 1.46 bits per heavy atom. The van der Waals surface area contributed by atoms with Crippen molar-refractivity contribution in [3.05, 3.63) is 43.6 Å². The molecule has 0 aromatic heterocycles. The number of hydrogen-bond acceptors (Lipinski definition) is 1. The van der Waals surface area contributed by atoms with Gasteiger partial charge in [-0.2, -0.15) is 25.1 Å². The largest absolute Gasteiger partial charge is 0.214 e. The van der Waals surface area contributed by atoms with E-state index in [9.17, 15) is 0 Å². The molecule has 0 fully saturated rings. The standard InChI is InChI=1S/C5H5.C2H3O.2CO.Fe/c1-2-4-5-3-1;1-2-3;2*1-2;/h1-5H;1H3;;;/q2*-1;;;. The van der Waals surface area contributed by atoms with Gasteiger partial charge in [-0.1, -0.05) is 0 Å². The molecule has 0 N–H and O–H groups in total. The fourth-order valence-corrected chi connectivity index (χ4v) is 0.321. The van der Waals surface area contributed by atoms with E-state index >= 15 is 0 Å². The number of hydrogen-bond donors (Lipinski definition) is 0. The molecule has 13 heavy (non-hydrogen) atoms. The molecule has 0 aliphatic heterocycles. The molecule has 0 radical (unpaired) electrons. The van der Waals surface area contributed by atoms with Gasteiger partial charge in [-0.25, -0.2) is 12.1 Å². The van der Waals surface area contributed by atoms with Crippen LogP contribution in [-0.4, -0.2) is 6.29 Å². The van der Waals surface area contributed by atoms with Crippen LogP contribution in [-0.2, 0) is 31.2 Å². The summed E-state index contributed by atoms with van der Waals surface area (Å²) in [7, 11) is 0. The fraction of sp³-hybridized carbons (Fsp3) is 0.111. The van der Waals surface area contributed by atoms with E-state index in [-0.39, 0.29) is 17.1 Å². The summed E-state index contributed by atoms with van der Waals surface area (Å²) in [6.07, 6.45) is 1.50. The van der Waals surface area contributed by atoms with E-state index in [1.807, 2.05) is 30.3 Å². The predicted molar refractivity (Wildman–Crippen MR) is 41.3 cm³/mol. The zero-order valence-corrected chi connectivity index (χ0v) is 8.07. The maximum atomic E-state index is 8.68. The smallest absolute Gasteiger partial charge is 0 e. The van der Waals surface area contributed by atoms with Crippen molar-refractivity contribution in [3.63, 3.8) is 0 Å². The Morgan fingerprint density at radius 1 is 1.15 bits per heavy atom. The average molecular weight is 220 g/mol. The Labute approximate surface area is 88.4 Å². The second kappa shape index (κ2) is 43.9. The molecule has 0 amide bonds. The molecule has 0 saturated heterocycles. The maximum Gasteiger partial charge on any atom is 0 e. The van der Waals surface area contributed by atoms with E-state index in [4.69, 9.17) is 14.1 Å². The van der Waals surface area contributed by atoms with Gasteiger partial charge in [-0.05, 0) is 0 Å². The van der Waals surface area contributed by atoms with Crippen LogP contribution in [0.1, 0.15) is 6.92 Å². The number of rotatable bonds is 0. The van der Waals surface area contributed by atoms with Crippen LogP contribution in [0, 0.1) is 13.3 Å². The Kier molecular flexibility index (Phi) is 76.6. The van der Waals surface area contributed by atoms with Crippen LogP contribution in [0.15, 0.2) is 30.3 Å². The van der Waals surface area contributed by atoms with E-state index in [0.29, 0.717) is 0 Å². The molecule has 1 aromatic carbocycles. The van der Waals surface area contributed by atoms with Crippen LogP contribution in [0.4, 0.5) is 0 Å². The molecule has 0 aliphatic rings. The Hall–Kier alpha value is -0.981. The van der Waals surface area contributed by atoms with Crippen molar-refractivity contribution in [2.45, 2.75) is 6.92 Å². The molecular formula is C9H8FeO3-2. The summed E-state index contributed by atoms with van der Waals surface area (Å²) >= 11 is 0. The zero-order valence-electron chi connectivity index (χ0n) is 6.97. The third-order valence-electron chi connectivity index (χ3n) is 0.556. The van der Waals surface area contributed by atoms with Crippen molar-refractivity contribution in [1.82, 2.24) is 0 Å².